The van der Waals surface area contributed by atoms with Gasteiger partial charge in [0.05, 0.1) is 13.2 Å². The third-order valence-electron chi connectivity index (χ3n) is 2.47. The highest BCUT2D eigenvalue weighted by Crippen LogP contribution is 2.13. The first-order chi connectivity index (χ1) is 6.38. The summed E-state index contributed by atoms with van der Waals surface area (Å²) in [6.07, 6.45) is 1.97. The molecule has 0 amide bonds. The number of rotatable bonds is 5. The maximum atomic E-state index is 10.5. The van der Waals surface area contributed by atoms with Gasteiger partial charge in [0, 0.05) is 32.3 Å². The van der Waals surface area contributed by atoms with Crippen molar-refractivity contribution >= 4 is 0 Å². The van der Waals surface area contributed by atoms with Crippen LogP contribution in [-0.2, 0) is 9.84 Å². The van der Waals surface area contributed by atoms with Gasteiger partial charge in [-0.2, -0.15) is 0 Å². The largest absolute Gasteiger partial charge is 0.395 e. The lowest BCUT2D eigenvalue weighted by Crippen LogP contribution is -2.42. The first-order valence-corrected chi connectivity index (χ1v) is 4.89. The van der Waals surface area contributed by atoms with Gasteiger partial charge in [0.15, 0.2) is 0 Å². The third kappa shape index (κ3) is 3.60. The number of aliphatic hydroxyl groups excluding tert-OH is 1. The van der Waals surface area contributed by atoms with Crippen LogP contribution < -0.4 is 0 Å². The fraction of sp³-hybridized carbons (Fsp3) is 1.00. The van der Waals surface area contributed by atoms with Gasteiger partial charge in [-0.15, -0.1) is 0 Å². The predicted octanol–water partition coefficient (Wildman–Crippen LogP) is -0.110. The topological polar surface area (TPSA) is 52.6 Å². The van der Waals surface area contributed by atoms with Crippen molar-refractivity contribution in [2.24, 2.45) is 0 Å². The lowest BCUT2D eigenvalue weighted by molar-refractivity contribution is 0.0168. The minimum atomic E-state index is -0.0860. The van der Waals surface area contributed by atoms with Gasteiger partial charge >= 0.3 is 0 Å². The van der Waals surface area contributed by atoms with Crippen LogP contribution in [0.15, 0.2) is 0 Å². The molecule has 13 heavy (non-hydrogen) atoms. The zero-order chi connectivity index (χ0) is 9.52. The average Bonchev–Trinajstić information content (AvgIpc) is 2.19. The summed E-state index contributed by atoms with van der Waals surface area (Å²) in [7, 11) is 0. The molecule has 1 aliphatic rings. The van der Waals surface area contributed by atoms with Crippen LogP contribution >= 0.6 is 0 Å². The second kappa shape index (κ2) is 6.32. The minimum absolute atomic E-state index is 0.0860. The maximum absolute atomic E-state index is 10.5. The molecule has 1 fully saturated rings. The van der Waals surface area contributed by atoms with Crippen LogP contribution in [0.25, 0.3) is 0 Å². The normalized spacial score (nSPS) is 19.6. The van der Waals surface area contributed by atoms with E-state index in [1.807, 2.05) is 0 Å². The summed E-state index contributed by atoms with van der Waals surface area (Å²) in [5.41, 5.74) is 0. The average molecular weight is 188 g/mol. The second-order valence-electron chi connectivity index (χ2n) is 3.31. The molecular formula is C9H18NO3. The number of hydrogen-bond acceptors (Lipinski definition) is 3. The van der Waals surface area contributed by atoms with Gasteiger partial charge in [0.25, 0.3) is 0 Å². The summed E-state index contributed by atoms with van der Waals surface area (Å²) in [6, 6.07) is 0.440. The minimum Gasteiger partial charge on any atom is -0.395 e. The molecule has 0 aromatic rings. The van der Waals surface area contributed by atoms with Crippen molar-refractivity contribution in [2.75, 3.05) is 39.5 Å². The van der Waals surface area contributed by atoms with Gasteiger partial charge in [-0.05, 0) is 12.8 Å². The summed E-state index contributed by atoms with van der Waals surface area (Å²) >= 11 is 0. The Kier molecular flexibility index (Phi) is 5.31. The Morgan fingerprint density at radius 2 is 2.00 bits per heavy atom. The standard InChI is InChI=1S/C9H18NO3/c11-5-3-10(4-6-12)9-1-7-13-8-2-9/h9,11H,1-8H2. The lowest BCUT2D eigenvalue weighted by Gasteiger charge is -2.33. The Bertz CT molecular complexity index is 120. The summed E-state index contributed by atoms with van der Waals surface area (Å²) in [5.74, 6) is 0. The van der Waals surface area contributed by atoms with Crippen molar-refractivity contribution in [3.8, 4) is 0 Å². The summed E-state index contributed by atoms with van der Waals surface area (Å²) in [5, 5.41) is 19.3. The number of hydrogen-bond donors (Lipinski definition) is 1. The molecule has 1 aliphatic heterocycles. The van der Waals surface area contributed by atoms with E-state index in [0.29, 0.717) is 19.1 Å². The highest BCUT2D eigenvalue weighted by Gasteiger charge is 2.20. The first kappa shape index (κ1) is 10.9. The molecule has 1 heterocycles. The molecule has 1 radical (unpaired) electrons. The van der Waals surface area contributed by atoms with Gasteiger partial charge in [0.2, 0.25) is 0 Å². The van der Waals surface area contributed by atoms with Gasteiger partial charge in [-0.25, -0.2) is 5.11 Å². The van der Waals surface area contributed by atoms with Gasteiger partial charge in [0.1, 0.15) is 0 Å². The van der Waals surface area contributed by atoms with E-state index in [1.54, 1.807) is 0 Å². The van der Waals surface area contributed by atoms with E-state index < -0.39 is 0 Å². The number of nitrogens with zero attached hydrogens (tertiary/aromatic N) is 1. The molecule has 0 spiro atoms. The Labute approximate surface area is 79.1 Å². The van der Waals surface area contributed by atoms with Crippen LogP contribution in [0.3, 0.4) is 0 Å². The molecule has 1 N–H and O–H groups in total. The van der Waals surface area contributed by atoms with Crippen molar-refractivity contribution in [2.45, 2.75) is 18.9 Å². The van der Waals surface area contributed by atoms with E-state index in [0.717, 1.165) is 26.1 Å². The summed E-state index contributed by atoms with van der Waals surface area (Å²) in [4.78, 5) is 2.08. The van der Waals surface area contributed by atoms with Crippen LogP contribution in [0, 0.1) is 0 Å². The van der Waals surface area contributed by atoms with Gasteiger partial charge in [-0.1, -0.05) is 0 Å². The smallest absolute Gasteiger partial charge is 0.0949 e. The Morgan fingerprint density at radius 3 is 2.54 bits per heavy atom. The summed E-state index contributed by atoms with van der Waals surface area (Å²) < 4.78 is 5.24. The van der Waals surface area contributed by atoms with E-state index in [2.05, 4.69) is 4.90 Å². The van der Waals surface area contributed by atoms with Crippen molar-refractivity contribution in [3.05, 3.63) is 0 Å². The first-order valence-electron chi connectivity index (χ1n) is 4.89. The molecule has 0 aromatic heterocycles. The molecule has 0 bridgehead atoms. The molecule has 0 unspecified atom stereocenters. The van der Waals surface area contributed by atoms with Gasteiger partial charge < -0.3 is 9.84 Å². The van der Waals surface area contributed by atoms with Gasteiger partial charge in [-0.3, -0.25) is 4.90 Å². The molecular weight excluding hydrogens is 170 g/mol. The molecule has 1 rings (SSSR count). The van der Waals surface area contributed by atoms with Crippen LogP contribution in [0.5, 0.6) is 0 Å². The second-order valence-corrected chi connectivity index (χ2v) is 3.31. The molecule has 1 saturated heterocycles. The number of aliphatic hydroxyl groups is 1. The van der Waals surface area contributed by atoms with Crippen molar-refractivity contribution < 1.29 is 14.9 Å². The highest BCUT2D eigenvalue weighted by molar-refractivity contribution is 4.74. The Balaban J connectivity index is 2.32. The molecule has 4 heteroatoms. The molecule has 0 atom stereocenters. The molecule has 0 saturated carbocycles. The van der Waals surface area contributed by atoms with E-state index in [4.69, 9.17) is 9.84 Å². The van der Waals surface area contributed by atoms with Crippen LogP contribution in [0.1, 0.15) is 12.8 Å². The molecule has 0 aliphatic carbocycles. The van der Waals surface area contributed by atoms with Crippen molar-refractivity contribution in [1.82, 2.24) is 4.90 Å². The fourth-order valence-electron chi connectivity index (χ4n) is 1.77. The molecule has 77 valence electrons. The van der Waals surface area contributed by atoms with E-state index in [9.17, 15) is 5.11 Å². The monoisotopic (exact) mass is 188 g/mol. The third-order valence-corrected chi connectivity index (χ3v) is 2.47. The van der Waals surface area contributed by atoms with Crippen LogP contribution in [0.4, 0.5) is 0 Å². The maximum Gasteiger partial charge on any atom is 0.0949 e. The fourth-order valence-corrected chi connectivity index (χ4v) is 1.77. The SMILES string of the molecule is [O]CCN(CCO)C1CCOCC1. The lowest BCUT2D eigenvalue weighted by atomic mass is 10.1. The molecule has 0 aromatic carbocycles. The van der Waals surface area contributed by atoms with Crippen LogP contribution in [-0.4, -0.2) is 55.6 Å². The van der Waals surface area contributed by atoms with E-state index in [1.165, 1.54) is 0 Å². The van der Waals surface area contributed by atoms with Crippen molar-refractivity contribution in [1.29, 1.82) is 0 Å². The Morgan fingerprint density at radius 1 is 1.31 bits per heavy atom. The predicted molar refractivity (Wildman–Crippen MR) is 48.1 cm³/mol. The summed E-state index contributed by atoms with van der Waals surface area (Å²) in [6.45, 7) is 2.78. The Hall–Kier alpha value is -0.160. The quantitative estimate of drug-likeness (QED) is 0.655. The van der Waals surface area contributed by atoms with Crippen LogP contribution in [0.2, 0.25) is 0 Å². The van der Waals surface area contributed by atoms with Crippen molar-refractivity contribution in [3.63, 3.8) is 0 Å². The van der Waals surface area contributed by atoms with E-state index >= 15 is 0 Å². The highest BCUT2D eigenvalue weighted by atomic mass is 16.5. The molecule has 4 nitrogen and oxygen atoms in total. The number of ether oxygens (including phenoxy) is 1. The zero-order valence-electron chi connectivity index (χ0n) is 7.95. The van der Waals surface area contributed by atoms with E-state index in [-0.39, 0.29) is 13.2 Å². The zero-order valence-corrected chi connectivity index (χ0v) is 7.95.